The molecule has 0 fully saturated rings. The molecule has 0 saturated heterocycles. The Kier molecular flexibility index (Phi) is 3.48. The third kappa shape index (κ3) is 2.64. The van der Waals surface area contributed by atoms with Crippen molar-refractivity contribution in [3.8, 4) is 11.1 Å². The second kappa shape index (κ2) is 4.96. The van der Waals surface area contributed by atoms with Crippen molar-refractivity contribution >= 4 is 5.97 Å². The number of benzene rings is 2. The van der Waals surface area contributed by atoms with Gasteiger partial charge in [-0.05, 0) is 23.8 Å². The third-order valence-electron chi connectivity index (χ3n) is 2.73. The van der Waals surface area contributed by atoms with Crippen LogP contribution in [0.3, 0.4) is 0 Å². The zero-order valence-electron chi connectivity index (χ0n) is 9.91. The third-order valence-corrected chi connectivity index (χ3v) is 2.73. The lowest BCUT2D eigenvalue weighted by atomic mass is 10.00. The predicted octanol–water partition coefficient (Wildman–Crippen LogP) is 4.21. The smallest absolute Gasteiger partial charge is 0.416 e. The van der Waals surface area contributed by atoms with E-state index in [0.717, 1.165) is 24.3 Å². The number of carboxylic acids is 1. The molecule has 0 heterocycles. The van der Waals surface area contributed by atoms with E-state index < -0.39 is 29.1 Å². The number of hydrogen-bond acceptors (Lipinski definition) is 1. The molecule has 0 aliphatic carbocycles. The van der Waals surface area contributed by atoms with E-state index in [9.17, 15) is 22.4 Å². The van der Waals surface area contributed by atoms with Crippen molar-refractivity contribution in [1.29, 1.82) is 0 Å². The average molecular weight is 284 g/mol. The van der Waals surface area contributed by atoms with Crippen molar-refractivity contribution in [2.45, 2.75) is 6.18 Å². The van der Waals surface area contributed by atoms with Crippen LogP contribution in [-0.2, 0) is 6.18 Å². The highest BCUT2D eigenvalue weighted by molar-refractivity contribution is 5.90. The van der Waals surface area contributed by atoms with Gasteiger partial charge in [-0.1, -0.05) is 24.3 Å². The molecule has 0 spiro atoms. The topological polar surface area (TPSA) is 37.3 Å². The molecular formula is C14H8F4O2. The average Bonchev–Trinajstić information content (AvgIpc) is 2.38. The van der Waals surface area contributed by atoms with Crippen LogP contribution in [0.25, 0.3) is 11.1 Å². The highest BCUT2D eigenvalue weighted by Gasteiger charge is 2.30. The summed E-state index contributed by atoms with van der Waals surface area (Å²) in [5.74, 6) is -2.53. The van der Waals surface area contributed by atoms with Gasteiger partial charge >= 0.3 is 12.1 Å². The fourth-order valence-corrected chi connectivity index (χ4v) is 1.78. The monoisotopic (exact) mass is 284 g/mol. The summed E-state index contributed by atoms with van der Waals surface area (Å²) < 4.78 is 51.8. The van der Waals surface area contributed by atoms with Crippen molar-refractivity contribution in [2.24, 2.45) is 0 Å². The van der Waals surface area contributed by atoms with Crippen LogP contribution < -0.4 is 0 Å². The van der Waals surface area contributed by atoms with Crippen LogP contribution in [0.5, 0.6) is 0 Å². The summed E-state index contributed by atoms with van der Waals surface area (Å²) in [6.45, 7) is 0. The highest BCUT2D eigenvalue weighted by Crippen LogP contribution is 2.33. The first-order valence-corrected chi connectivity index (χ1v) is 5.50. The lowest BCUT2D eigenvalue weighted by Crippen LogP contribution is -2.05. The van der Waals surface area contributed by atoms with Gasteiger partial charge in [0, 0.05) is 5.56 Å². The molecule has 104 valence electrons. The molecule has 1 N–H and O–H groups in total. The molecule has 20 heavy (non-hydrogen) atoms. The van der Waals surface area contributed by atoms with Crippen LogP contribution in [0, 0.1) is 5.82 Å². The first-order valence-electron chi connectivity index (χ1n) is 5.50. The van der Waals surface area contributed by atoms with Gasteiger partial charge in [-0.25, -0.2) is 9.18 Å². The van der Waals surface area contributed by atoms with Gasteiger partial charge < -0.3 is 5.11 Å². The van der Waals surface area contributed by atoms with Crippen molar-refractivity contribution in [2.75, 3.05) is 0 Å². The molecule has 0 unspecified atom stereocenters. The Bertz CT molecular complexity index is 662. The van der Waals surface area contributed by atoms with Crippen LogP contribution in [0.4, 0.5) is 17.6 Å². The van der Waals surface area contributed by atoms with E-state index in [-0.39, 0.29) is 11.1 Å². The van der Waals surface area contributed by atoms with Crippen LogP contribution in [0.15, 0.2) is 42.5 Å². The molecule has 2 rings (SSSR count). The van der Waals surface area contributed by atoms with Gasteiger partial charge in [-0.3, -0.25) is 0 Å². The van der Waals surface area contributed by atoms with E-state index in [1.54, 1.807) is 0 Å². The number of rotatable bonds is 2. The molecule has 2 aromatic rings. The Morgan fingerprint density at radius 2 is 1.70 bits per heavy atom. The molecule has 2 nitrogen and oxygen atoms in total. The van der Waals surface area contributed by atoms with Crippen LogP contribution in [-0.4, -0.2) is 11.1 Å². The summed E-state index contributed by atoms with van der Waals surface area (Å²) in [4.78, 5) is 10.8. The van der Waals surface area contributed by atoms with Gasteiger partial charge in [0.15, 0.2) is 0 Å². The Morgan fingerprint density at radius 3 is 2.30 bits per heavy atom. The number of halogens is 4. The lowest BCUT2D eigenvalue weighted by molar-refractivity contribution is -0.137. The first-order chi connectivity index (χ1) is 9.30. The van der Waals surface area contributed by atoms with E-state index in [4.69, 9.17) is 5.11 Å². The van der Waals surface area contributed by atoms with Gasteiger partial charge in [-0.15, -0.1) is 0 Å². The number of alkyl halides is 3. The molecule has 0 aliphatic rings. The normalized spacial score (nSPS) is 11.4. The van der Waals surface area contributed by atoms with Gasteiger partial charge in [0.2, 0.25) is 0 Å². The van der Waals surface area contributed by atoms with Crippen LogP contribution in [0.1, 0.15) is 15.9 Å². The number of carbonyl (C=O) groups is 1. The van der Waals surface area contributed by atoms with Crippen LogP contribution in [0.2, 0.25) is 0 Å². The summed E-state index contributed by atoms with van der Waals surface area (Å²) in [7, 11) is 0. The van der Waals surface area contributed by atoms with E-state index in [0.29, 0.717) is 0 Å². The molecule has 6 heteroatoms. The zero-order valence-corrected chi connectivity index (χ0v) is 9.91. The number of aromatic carboxylic acids is 1. The molecule has 2 aromatic carbocycles. The lowest BCUT2D eigenvalue weighted by Gasteiger charge is -2.10. The van der Waals surface area contributed by atoms with Gasteiger partial charge in [0.05, 0.1) is 11.1 Å². The van der Waals surface area contributed by atoms with Crippen molar-refractivity contribution in [3.05, 3.63) is 59.4 Å². The largest absolute Gasteiger partial charge is 0.478 e. The zero-order chi connectivity index (χ0) is 14.9. The summed E-state index contributed by atoms with van der Waals surface area (Å²) in [5, 5.41) is 8.80. The van der Waals surface area contributed by atoms with E-state index >= 15 is 0 Å². The van der Waals surface area contributed by atoms with Crippen LogP contribution >= 0.6 is 0 Å². The second-order valence-corrected chi connectivity index (χ2v) is 4.05. The van der Waals surface area contributed by atoms with Gasteiger partial charge in [-0.2, -0.15) is 13.2 Å². The molecule has 0 atom stereocenters. The quantitative estimate of drug-likeness (QED) is 0.839. The second-order valence-electron chi connectivity index (χ2n) is 4.05. The maximum Gasteiger partial charge on any atom is 0.416 e. The van der Waals surface area contributed by atoms with Gasteiger partial charge in [0.1, 0.15) is 5.82 Å². The van der Waals surface area contributed by atoms with E-state index in [2.05, 4.69) is 0 Å². The number of hydrogen-bond donors (Lipinski definition) is 1. The summed E-state index contributed by atoms with van der Waals surface area (Å²) in [6, 6.07) is 7.64. The Labute approximate surface area is 111 Å². The minimum Gasteiger partial charge on any atom is -0.478 e. The Balaban J connectivity index is 2.58. The first kappa shape index (κ1) is 14.0. The SMILES string of the molecule is O=C(O)c1cccc(-c2cccc(C(F)(F)F)c2)c1F. The van der Waals surface area contributed by atoms with Crippen molar-refractivity contribution < 1.29 is 27.5 Å². The molecular weight excluding hydrogens is 276 g/mol. The molecule has 0 bridgehead atoms. The molecule has 0 aromatic heterocycles. The summed E-state index contributed by atoms with van der Waals surface area (Å²) in [6.07, 6.45) is -4.54. The number of carboxylic acid groups (broad SMARTS) is 1. The fourth-order valence-electron chi connectivity index (χ4n) is 1.78. The highest BCUT2D eigenvalue weighted by atomic mass is 19.4. The minimum atomic E-state index is -4.54. The van der Waals surface area contributed by atoms with Crippen molar-refractivity contribution in [3.63, 3.8) is 0 Å². The van der Waals surface area contributed by atoms with E-state index in [1.165, 1.54) is 18.2 Å². The summed E-state index contributed by atoms with van der Waals surface area (Å²) >= 11 is 0. The molecule has 0 amide bonds. The maximum absolute atomic E-state index is 14.0. The Morgan fingerprint density at radius 1 is 1.05 bits per heavy atom. The maximum atomic E-state index is 14.0. The summed E-state index contributed by atoms with van der Waals surface area (Å²) in [5.41, 5.74) is -1.72. The van der Waals surface area contributed by atoms with Gasteiger partial charge in [0.25, 0.3) is 0 Å². The molecule has 0 radical (unpaired) electrons. The van der Waals surface area contributed by atoms with E-state index in [1.807, 2.05) is 0 Å². The molecule has 0 aliphatic heterocycles. The predicted molar refractivity (Wildman–Crippen MR) is 63.8 cm³/mol. The molecule has 0 saturated carbocycles. The standard InChI is InChI=1S/C14H8F4O2/c15-12-10(5-2-6-11(12)13(19)20)8-3-1-4-9(7-8)14(16,17)18/h1-7H,(H,19,20). The minimum absolute atomic E-state index is 0.0274. The Hall–Kier alpha value is -2.37. The fraction of sp³-hybridized carbons (Fsp3) is 0.0714. The van der Waals surface area contributed by atoms with Crippen molar-refractivity contribution in [1.82, 2.24) is 0 Å².